The summed E-state index contributed by atoms with van der Waals surface area (Å²) in [6.45, 7) is 2.55. The van der Waals surface area contributed by atoms with E-state index >= 15 is 0 Å². The van der Waals surface area contributed by atoms with E-state index in [4.69, 9.17) is 16.3 Å². The maximum absolute atomic E-state index is 13.3. The summed E-state index contributed by atoms with van der Waals surface area (Å²) in [7, 11) is 1.53. The average Bonchev–Trinajstić information content (AvgIpc) is 3.62. The number of rotatable bonds is 5. The van der Waals surface area contributed by atoms with Crippen molar-refractivity contribution in [3.63, 3.8) is 0 Å². The van der Waals surface area contributed by atoms with Crippen molar-refractivity contribution >= 4 is 45.5 Å². The molecule has 13 heteroatoms. The van der Waals surface area contributed by atoms with Crippen LogP contribution >= 0.6 is 22.9 Å². The van der Waals surface area contributed by atoms with Crippen molar-refractivity contribution < 1.29 is 14.3 Å². The van der Waals surface area contributed by atoms with Crippen LogP contribution in [0, 0.1) is 6.92 Å². The Morgan fingerprint density at radius 2 is 1.97 bits per heavy atom. The molecule has 0 atom stereocenters. The van der Waals surface area contributed by atoms with Crippen LogP contribution in [0.15, 0.2) is 49.1 Å². The normalized spacial score (nSPS) is 12.6. The number of anilines is 1. The lowest BCUT2D eigenvalue weighted by Crippen LogP contribution is -2.26. The van der Waals surface area contributed by atoms with Crippen LogP contribution in [0.25, 0.3) is 16.8 Å². The van der Waals surface area contributed by atoms with Crippen LogP contribution in [0.3, 0.4) is 0 Å². The van der Waals surface area contributed by atoms with Gasteiger partial charge in [0.2, 0.25) is 0 Å². The zero-order valence-corrected chi connectivity index (χ0v) is 21.7. The Labute approximate surface area is 225 Å². The Kier molecular flexibility index (Phi) is 5.97. The molecule has 38 heavy (non-hydrogen) atoms. The molecule has 6 rings (SSSR count). The smallest absolute Gasteiger partial charge is 0.273 e. The summed E-state index contributed by atoms with van der Waals surface area (Å²) in [4.78, 5) is 46.2. The number of fused-ring (bicyclic) bond motifs is 2. The molecule has 0 saturated carbocycles. The Balaban J connectivity index is 1.21. The van der Waals surface area contributed by atoms with Gasteiger partial charge in [-0.25, -0.2) is 19.5 Å². The van der Waals surface area contributed by atoms with E-state index in [1.165, 1.54) is 30.8 Å². The lowest BCUT2D eigenvalue weighted by molar-refractivity contribution is 0.0745. The van der Waals surface area contributed by atoms with E-state index in [0.717, 1.165) is 16.3 Å². The highest BCUT2D eigenvalue weighted by atomic mass is 35.5. The van der Waals surface area contributed by atoms with Crippen LogP contribution in [-0.4, -0.2) is 53.4 Å². The molecule has 1 aliphatic heterocycles. The number of nitrogens with one attached hydrogen (secondary N) is 1. The van der Waals surface area contributed by atoms with Gasteiger partial charge >= 0.3 is 0 Å². The molecule has 5 aromatic rings. The summed E-state index contributed by atoms with van der Waals surface area (Å²) in [6.07, 6.45) is 6.36. The fourth-order valence-corrected chi connectivity index (χ4v) is 5.39. The number of amides is 2. The highest BCUT2D eigenvalue weighted by Crippen LogP contribution is 2.35. The fraction of sp³-hybridized carbons (Fsp3) is 0.160. The Bertz CT molecular complexity index is 1710. The van der Waals surface area contributed by atoms with Crippen LogP contribution in [0.5, 0.6) is 5.75 Å². The largest absolute Gasteiger partial charge is 0.494 e. The SMILES string of the molecule is COc1cnc(Cl)cc1-c1cc(C)ncc1C(=O)Nc1nc2c(s1)CN(C(=O)c1ccn3nccc3n1)C2. The molecule has 0 bridgehead atoms. The second-order valence-corrected chi connectivity index (χ2v) is 10.0. The van der Waals surface area contributed by atoms with Crippen molar-refractivity contribution in [2.24, 2.45) is 0 Å². The molecular weight excluding hydrogens is 528 g/mol. The predicted molar refractivity (Wildman–Crippen MR) is 140 cm³/mol. The van der Waals surface area contributed by atoms with Gasteiger partial charge < -0.3 is 9.64 Å². The van der Waals surface area contributed by atoms with Gasteiger partial charge in [-0.3, -0.25) is 19.9 Å². The van der Waals surface area contributed by atoms with E-state index in [1.807, 2.05) is 6.92 Å². The summed E-state index contributed by atoms with van der Waals surface area (Å²) < 4.78 is 7.04. The minimum absolute atomic E-state index is 0.190. The van der Waals surface area contributed by atoms with Crippen molar-refractivity contribution in [1.82, 2.24) is 34.4 Å². The average molecular weight is 547 g/mol. The number of hydrogen-bond acceptors (Lipinski definition) is 9. The molecule has 0 aliphatic carbocycles. The van der Waals surface area contributed by atoms with E-state index < -0.39 is 0 Å². The van der Waals surface area contributed by atoms with Gasteiger partial charge in [0, 0.05) is 35.3 Å². The van der Waals surface area contributed by atoms with E-state index in [0.29, 0.717) is 52.0 Å². The zero-order valence-electron chi connectivity index (χ0n) is 20.2. The molecule has 0 spiro atoms. The Morgan fingerprint density at radius 1 is 1.11 bits per heavy atom. The summed E-state index contributed by atoms with van der Waals surface area (Å²) >= 11 is 7.47. The molecule has 0 unspecified atom stereocenters. The van der Waals surface area contributed by atoms with Crippen LogP contribution in [0.4, 0.5) is 5.13 Å². The lowest BCUT2D eigenvalue weighted by Gasteiger charge is -2.15. The third-order valence-corrected chi connectivity index (χ3v) is 7.27. The Morgan fingerprint density at radius 3 is 2.79 bits per heavy atom. The number of halogens is 1. The van der Waals surface area contributed by atoms with E-state index in [9.17, 15) is 9.59 Å². The molecule has 190 valence electrons. The number of aromatic nitrogens is 6. The number of pyridine rings is 2. The minimum atomic E-state index is -0.374. The molecular formula is C25H19ClN8O3S. The van der Waals surface area contributed by atoms with Gasteiger partial charge in [0.15, 0.2) is 10.8 Å². The molecule has 11 nitrogen and oxygen atoms in total. The number of ether oxygens (including phenoxy) is 1. The van der Waals surface area contributed by atoms with Gasteiger partial charge in [-0.15, -0.1) is 0 Å². The molecule has 0 radical (unpaired) electrons. The van der Waals surface area contributed by atoms with E-state index in [1.54, 1.807) is 46.1 Å². The molecule has 1 N–H and O–H groups in total. The number of nitrogens with zero attached hydrogens (tertiary/aromatic N) is 7. The van der Waals surface area contributed by atoms with Crippen molar-refractivity contribution in [2.75, 3.05) is 12.4 Å². The summed E-state index contributed by atoms with van der Waals surface area (Å²) in [5.74, 6) is -0.0834. The van der Waals surface area contributed by atoms with Crippen LogP contribution in [-0.2, 0) is 13.1 Å². The second-order valence-electron chi connectivity index (χ2n) is 8.53. The minimum Gasteiger partial charge on any atom is -0.494 e. The van der Waals surface area contributed by atoms with Crippen molar-refractivity contribution in [3.8, 4) is 16.9 Å². The highest BCUT2D eigenvalue weighted by molar-refractivity contribution is 7.16. The van der Waals surface area contributed by atoms with Gasteiger partial charge in [0.1, 0.15) is 16.6 Å². The third kappa shape index (κ3) is 4.33. The summed E-state index contributed by atoms with van der Waals surface area (Å²) in [5, 5.41) is 7.70. The summed E-state index contributed by atoms with van der Waals surface area (Å²) in [5.41, 5.74) is 3.99. The number of carbonyl (C=O) groups is 2. The lowest BCUT2D eigenvalue weighted by atomic mass is 10.0. The molecule has 6 heterocycles. The number of hydrogen-bond donors (Lipinski definition) is 1. The first-order valence-corrected chi connectivity index (χ1v) is 12.6. The highest BCUT2D eigenvalue weighted by Gasteiger charge is 2.29. The number of aryl methyl sites for hydroxylation is 1. The molecule has 0 fully saturated rings. The quantitative estimate of drug-likeness (QED) is 0.327. The van der Waals surface area contributed by atoms with Crippen LogP contribution in [0.2, 0.25) is 5.15 Å². The molecule has 1 aliphatic rings. The first-order chi connectivity index (χ1) is 18.4. The summed E-state index contributed by atoms with van der Waals surface area (Å²) in [6, 6.07) is 6.83. The van der Waals surface area contributed by atoms with Crippen LogP contribution in [0.1, 0.15) is 37.1 Å². The number of thiazole rings is 1. The van der Waals surface area contributed by atoms with Crippen molar-refractivity contribution in [1.29, 1.82) is 0 Å². The third-order valence-electron chi connectivity index (χ3n) is 6.07. The maximum Gasteiger partial charge on any atom is 0.273 e. The van der Waals surface area contributed by atoms with Gasteiger partial charge in [0.25, 0.3) is 11.8 Å². The number of carbonyl (C=O) groups excluding carboxylic acids is 2. The zero-order chi connectivity index (χ0) is 26.4. The maximum atomic E-state index is 13.3. The van der Waals surface area contributed by atoms with E-state index in [2.05, 4.69) is 30.4 Å². The monoisotopic (exact) mass is 546 g/mol. The standard InChI is InChI=1S/C25H19ClN8O3S/c1-13-7-14(15-8-21(26)28-10-19(15)37-2)16(9-27-13)23(35)32-25-31-18-11-33(12-20(18)38-25)24(36)17-4-6-34-22(30-17)3-5-29-34/h3-10H,11-12H2,1-2H3,(H,31,32,35). The predicted octanol–water partition coefficient (Wildman–Crippen LogP) is 4.02. The van der Waals surface area contributed by atoms with Crippen LogP contribution < -0.4 is 10.1 Å². The Hall–Kier alpha value is -4.42. The first kappa shape index (κ1) is 23.9. The van der Waals surface area contributed by atoms with Gasteiger partial charge in [-0.1, -0.05) is 22.9 Å². The fourth-order valence-electron chi connectivity index (χ4n) is 4.25. The van der Waals surface area contributed by atoms with Gasteiger partial charge in [-0.2, -0.15) is 5.10 Å². The van der Waals surface area contributed by atoms with Gasteiger partial charge in [0.05, 0.1) is 48.7 Å². The van der Waals surface area contributed by atoms with Gasteiger partial charge in [-0.05, 0) is 25.1 Å². The molecule has 0 saturated heterocycles. The topological polar surface area (TPSA) is 128 Å². The second kappa shape index (κ2) is 9.47. The molecule has 2 amide bonds. The molecule has 0 aromatic carbocycles. The van der Waals surface area contributed by atoms with Crippen molar-refractivity contribution in [3.05, 3.63) is 81.7 Å². The van der Waals surface area contributed by atoms with E-state index in [-0.39, 0.29) is 17.0 Å². The van der Waals surface area contributed by atoms with Crippen molar-refractivity contribution in [2.45, 2.75) is 20.0 Å². The molecule has 5 aromatic heterocycles. The number of methoxy groups -OCH3 is 1. The first-order valence-electron chi connectivity index (χ1n) is 11.5.